The molecule has 0 radical (unpaired) electrons. The first kappa shape index (κ1) is 11.4. The number of ether oxygens (including phenoxy) is 2. The number of nitrogen functional groups attached to an aromatic ring is 1. The standard InChI is InChI=1S/C8H11ClN2O2S/c1-12-7-5(3-13-4-14)8(10)11-2-6(7)9/h2,14H,3-4H2,1H3,(H2,10,11). The molecule has 78 valence electrons. The lowest BCUT2D eigenvalue weighted by Crippen LogP contribution is -2.03. The number of rotatable bonds is 4. The monoisotopic (exact) mass is 234 g/mol. The Hall–Kier alpha value is -0.650. The van der Waals surface area contributed by atoms with Crippen molar-refractivity contribution in [3.05, 3.63) is 16.8 Å². The van der Waals surface area contributed by atoms with Gasteiger partial charge in [-0.05, 0) is 0 Å². The molecule has 0 saturated carbocycles. The Kier molecular flexibility index (Phi) is 4.31. The van der Waals surface area contributed by atoms with Crippen LogP contribution in [0.1, 0.15) is 5.56 Å². The minimum absolute atomic E-state index is 0.284. The number of nitrogens with zero attached hydrogens (tertiary/aromatic N) is 1. The molecule has 0 fully saturated rings. The van der Waals surface area contributed by atoms with E-state index in [2.05, 4.69) is 17.6 Å². The molecule has 0 spiro atoms. The van der Waals surface area contributed by atoms with Gasteiger partial charge >= 0.3 is 0 Å². The van der Waals surface area contributed by atoms with Gasteiger partial charge in [0.2, 0.25) is 0 Å². The third-order valence-electron chi connectivity index (χ3n) is 1.66. The molecule has 0 aliphatic heterocycles. The SMILES string of the molecule is COc1c(Cl)cnc(N)c1COCS. The summed E-state index contributed by atoms with van der Waals surface area (Å²) in [6, 6.07) is 0. The number of methoxy groups -OCH3 is 1. The van der Waals surface area contributed by atoms with Gasteiger partial charge in [-0.3, -0.25) is 0 Å². The lowest BCUT2D eigenvalue weighted by molar-refractivity contribution is 0.167. The summed E-state index contributed by atoms with van der Waals surface area (Å²) in [5.41, 5.74) is 6.30. The van der Waals surface area contributed by atoms with Crippen LogP contribution in [0.3, 0.4) is 0 Å². The molecule has 6 heteroatoms. The van der Waals surface area contributed by atoms with Gasteiger partial charge in [-0.15, -0.1) is 0 Å². The van der Waals surface area contributed by atoms with Crippen LogP contribution in [-0.4, -0.2) is 18.0 Å². The molecule has 14 heavy (non-hydrogen) atoms. The van der Waals surface area contributed by atoms with E-state index in [-0.39, 0.29) is 6.61 Å². The van der Waals surface area contributed by atoms with E-state index < -0.39 is 0 Å². The fourth-order valence-corrected chi connectivity index (χ4v) is 1.36. The molecular formula is C8H11ClN2O2S. The van der Waals surface area contributed by atoms with Crippen LogP contribution in [0, 0.1) is 0 Å². The molecule has 0 bridgehead atoms. The van der Waals surface area contributed by atoms with Gasteiger partial charge in [0.25, 0.3) is 0 Å². The van der Waals surface area contributed by atoms with Crippen molar-refractivity contribution in [1.29, 1.82) is 0 Å². The third-order valence-corrected chi connectivity index (χ3v) is 2.11. The van der Waals surface area contributed by atoms with Crippen LogP contribution in [-0.2, 0) is 11.3 Å². The van der Waals surface area contributed by atoms with Crippen molar-refractivity contribution >= 4 is 30.0 Å². The van der Waals surface area contributed by atoms with Gasteiger partial charge in [-0.2, -0.15) is 12.6 Å². The van der Waals surface area contributed by atoms with Crippen LogP contribution in [0.25, 0.3) is 0 Å². The van der Waals surface area contributed by atoms with Crippen molar-refractivity contribution < 1.29 is 9.47 Å². The van der Waals surface area contributed by atoms with E-state index in [1.807, 2.05) is 0 Å². The Morgan fingerprint density at radius 3 is 2.93 bits per heavy atom. The number of thiol groups is 1. The minimum Gasteiger partial charge on any atom is -0.495 e. The Morgan fingerprint density at radius 2 is 2.36 bits per heavy atom. The lowest BCUT2D eigenvalue weighted by Gasteiger charge is -2.11. The van der Waals surface area contributed by atoms with Gasteiger partial charge in [0.15, 0.2) is 0 Å². The average Bonchev–Trinajstić information content (AvgIpc) is 2.19. The second kappa shape index (κ2) is 5.29. The van der Waals surface area contributed by atoms with Gasteiger partial charge in [0.1, 0.15) is 16.6 Å². The van der Waals surface area contributed by atoms with E-state index in [9.17, 15) is 0 Å². The number of hydrogen-bond donors (Lipinski definition) is 2. The summed E-state index contributed by atoms with van der Waals surface area (Å²) in [4.78, 5) is 3.90. The molecule has 0 aliphatic carbocycles. The summed E-state index contributed by atoms with van der Waals surface area (Å²) in [6.45, 7) is 0.284. The summed E-state index contributed by atoms with van der Waals surface area (Å²) in [5.74, 6) is 1.16. The Bertz CT molecular complexity index is 322. The first-order valence-electron chi connectivity index (χ1n) is 3.86. The maximum Gasteiger partial charge on any atom is 0.148 e. The number of halogens is 1. The van der Waals surface area contributed by atoms with Crippen LogP contribution in [0.15, 0.2) is 6.20 Å². The van der Waals surface area contributed by atoms with Crippen molar-refractivity contribution in [2.24, 2.45) is 0 Å². The number of pyridine rings is 1. The van der Waals surface area contributed by atoms with E-state index in [1.165, 1.54) is 13.3 Å². The van der Waals surface area contributed by atoms with Crippen molar-refractivity contribution in [2.45, 2.75) is 6.61 Å². The first-order valence-corrected chi connectivity index (χ1v) is 4.87. The first-order chi connectivity index (χ1) is 6.70. The topological polar surface area (TPSA) is 57.4 Å². The average molecular weight is 235 g/mol. The lowest BCUT2D eigenvalue weighted by atomic mass is 10.2. The van der Waals surface area contributed by atoms with Crippen LogP contribution in [0.5, 0.6) is 5.75 Å². The number of hydrogen-bond acceptors (Lipinski definition) is 5. The zero-order valence-electron chi connectivity index (χ0n) is 7.66. The molecule has 1 aromatic heterocycles. The molecule has 0 atom stereocenters. The second-order valence-electron chi connectivity index (χ2n) is 2.48. The van der Waals surface area contributed by atoms with Crippen molar-refractivity contribution in [1.82, 2.24) is 4.98 Å². The summed E-state index contributed by atoms with van der Waals surface area (Å²) in [5, 5.41) is 0.416. The minimum atomic E-state index is 0.284. The largest absolute Gasteiger partial charge is 0.495 e. The molecular weight excluding hydrogens is 224 g/mol. The fraction of sp³-hybridized carbons (Fsp3) is 0.375. The Labute approximate surface area is 92.8 Å². The van der Waals surface area contributed by atoms with E-state index in [4.69, 9.17) is 26.8 Å². The smallest absolute Gasteiger partial charge is 0.148 e. The molecule has 4 nitrogen and oxygen atoms in total. The number of anilines is 1. The summed E-state index contributed by atoms with van der Waals surface area (Å²) in [7, 11) is 1.52. The summed E-state index contributed by atoms with van der Waals surface area (Å²) >= 11 is 9.78. The second-order valence-corrected chi connectivity index (χ2v) is 3.15. The fourth-order valence-electron chi connectivity index (χ4n) is 1.03. The molecule has 0 amide bonds. The molecule has 0 unspecified atom stereocenters. The summed E-state index contributed by atoms with van der Waals surface area (Å²) in [6.07, 6.45) is 1.44. The van der Waals surface area contributed by atoms with Gasteiger partial charge in [0, 0.05) is 0 Å². The summed E-state index contributed by atoms with van der Waals surface area (Å²) < 4.78 is 10.2. The Balaban J connectivity index is 3.03. The molecule has 2 N–H and O–H groups in total. The van der Waals surface area contributed by atoms with Crippen LogP contribution >= 0.6 is 24.2 Å². The predicted octanol–water partition coefficient (Wildman–Crippen LogP) is 1.73. The van der Waals surface area contributed by atoms with Gasteiger partial charge in [0.05, 0.1) is 31.4 Å². The van der Waals surface area contributed by atoms with Crippen molar-refractivity contribution in [3.63, 3.8) is 0 Å². The van der Waals surface area contributed by atoms with E-state index in [0.29, 0.717) is 28.1 Å². The molecule has 0 aromatic carbocycles. The van der Waals surface area contributed by atoms with Crippen molar-refractivity contribution in [2.75, 3.05) is 18.8 Å². The third kappa shape index (κ3) is 2.43. The predicted molar refractivity (Wildman–Crippen MR) is 58.9 cm³/mol. The zero-order valence-corrected chi connectivity index (χ0v) is 9.31. The quantitative estimate of drug-likeness (QED) is 0.616. The van der Waals surface area contributed by atoms with E-state index in [1.54, 1.807) is 0 Å². The highest BCUT2D eigenvalue weighted by Crippen LogP contribution is 2.31. The highest BCUT2D eigenvalue weighted by molar-refractivity contribution is 7.80. The maximum absolute atomic E-state index is 5.86. The van der Waals surface area contributed by atoms with Gasteiger partial charge < -0.3 is 15.2 Å². The molecule has 0 aliphatic rings. The number of nitrogens with two attached hydrogens (primary N) is 1. The zero-order chi connectivity index (χ0) is 10.6. The van der Waals surface area contributed by atoms with E-state index in [0.717, 1.165) is 0 Å². The van der Waals surface area contributed by atoms with Gasteiger partial charge in [-0.25, -0.2) is 4.98 Å². The number of aromatic nitrogens is 1. The van der Waals surface area contributed by atoms with Crippen LogP contribution < -0.4 is 10.5 Å². The molecule has 1 aromatic rings. The van der Waals surface area contributed by atoms with Gasteiger partial charge in [-0.1, -0.05) is 11.6 Å². The molecule has 0 saturated heterocycles. The Morgan fingerprint density at radius 1 is 1.64 bits per heavy atom. The van der Waals surface area contributed by atoms with E-state index >= 15 is 0 Å². The molecule has 1 heterocycles. The van der Waals surface area contributed by atoms with Crippen LogP contribution in [0.4, 0.5) is 5.82 Å². The maximum atomic E-state index is 5.86. The van der Waals surface area contributed by atoms with Crippen LogP contribution in [0.2, 0.25) is 5.02 Å². The highest BCUT2D eigenvalue weighted by Gasteiger charge is 2.12. The highest BCUT2D eigenvalue weighted by atomic mass is 35.5. The normalized spacial score (nSPS) is 10.2. The molecule has 1 rings (SSSR count). The van der Waals surface area contributed by atoms with Crippen molar-refractivity contribution in [3.8, 4) is 5.75 Å².